The lowest BCUT2D eigenvalue weighted by molar-refractivity contribution is -0.146. The minimum Gasteiger partial charge on any atom is -0.479 e. The number of nitrogens with one attached hydrogen (secondary N) is 2. The highest BCUT2D eigenvalue weighted by Crippen LogP contribution is 2.40. The van der Waals surface area contributed by atoms with Gasteiger partial charge in [-0.05, 0) is 12.8 Å². The molecule has 0 spiro atoms. The van der Waals surface area contributed by atoms with Crippen LogP contribution >= 0.6 is 11.3 Å². The van der Waals surface area contributed by atoms with Crippen LogP contribution in [0.5, 0.6) is 0 Å². The molecule has 2 rings (SSSR count). The van der Waals surface area contributed by atoms with E-state index in [1.807, 2.05) is 5.38 Å². The molecular formula is C11H15N3O4S. The van der Waals surface area contributed by atoms with Gasteiger partial charge in [-0.2, -0.15) is 0 Å². The summed E-state index contributed by atoms with van der Waals surface area (Å²) in [6.45, 7) is 0.0835. The van der Waals surface area contributed by atoms with Crippen molar-refractivity contribution < 1.29 is 19.8 Å². The van der Waals surface area contributed by atoms with Gasteiger partial charge in [0.15, 0.2) is 11.2 Å². The molecule has 19 heavy (non-hydrogen) atoms. The first-order valence-electron chi connectivity index (χ1n) is 5.97. The van der Waals surface area contributed by atoms with Crippen LogP contribution in [0.1, 0.15) is 30.9 Å². The Morgan fingerprint density at radius 3 is 2.89 bits per heavy atom. The number of hydrogen-bond acceptors (Lipinski definition) is 5. The number of carboxylic acids is 1. The summed E-state index contributed by atoms with van der Waals surface area (Å²) in [5.74, 6) is -0.753. The highest BCUT2D eigenvalue weighted by molar-refractivity contribution is 7.13. The molecule has 8 heteroatoms. The van der Waals surface area contributed by atoms with Crippen molar-refractivity contribution in [3.8, 4) is 0 Å². The molecule has 1 saturated carbocycles. The number of aromatic nitrogens is 1. The van der Waals surface area contributed by atoms with Gasteiger partial charge in [-0.25, -0.2) is 14.6 Å². The molecule has 2 amide bonds. The quantitative estimate of drug-likeness (QED) is 0.622. The molecule has 1 unspecified atom stereocenters. The smallest absolute Gasteiger partial charge is 0.332 e. The van der Waals surface area contributed by atoms with E-state index in [1.165, 1.54) is 11.3 Å². The van der Waals surface area contributed by atoms with Gasteiger partial charge in [-0.15, -0.1) is 11.3 Å². The monoisotopic (exact) mass is 285 g/mol. The molecule has 1 aliphatic carbocycles. The van der Waals surface area contributed by atoms with Crippen molar-refractivity contribution in [3.05, 3.63) is 11.1 Å². The van der Waals surface area contributed by atoms with Crippen LogP contribution in [0.4, 0.5) is 9.93 Å². The summed E-state index contributed by atoms with van der Waals surface area (Å²) in [6, 6.07) is -0.450. The van der Waals surface area contributed by atoms with E-state index in [9.17, 15) is 9.59 Å². The van der Waals surface area contributed by atoms with Gasteiger partial charge in [-0.3, -0.25) is 5.32 Å². The van der Waals surface area contributed by atoms with Gasteiger partial charge >= 0.3 is 12.0 Å². The molecule has 7 nitrogen and oxygen atoms in total. The predicted octanol–water partition coefficient (Wildman–Crippen LogP) is 0.978. The number of carbonyl (C=O) groups is 2. The Bertz CT molecular complexity index is 472. The maximum atomic E-state index is 11.5. The molecule has 0 aromatic carbocycles. The van der Waals surface area contributed by atoms with Gasteiger partial charge < -0.3 is 15.5 Å². The summed E-state index contributed by atoms with van der Waals surface area (Å²) < 4.78 is 0. The van der Waals surface area contributed by atoms with Gasteiger partial charge in [0.2, 0.25) is 0 Å². The molecule has 1 fully saturated rings. The second-order valence-electron chi connectivity index (χ2n) is 4.38. The Morgan fingerprint density at radius 2 is 2.26 bits per heavy atom. The highest BCUT2D eigenvalue weighted by Gasteiger charge is 2.26. The molecule has 0 saturated heterocycles. The number of carboxylic acid groups (broad SMARTS) is 1. The number of anilines is 1. The molecular weight excluding hydrogens is 270 g/mol. The Hall–Kier alpha value is -1.67. The first kappa shape index (κ1) is 13.8. The standard InChI is InChI=1S/C11H15N3O4S/c15-8(9(16)17)3-4-12-10(18)14-11-13-7(5-19-11)6-1-2-6/h5-6,8,15H,1-4H2,(H,16,17)(H2,12,13,14,18). The van der Waals surface area contributed by atoms with Crippen LogP contribution in [0, 0.1) is 0 Å². The summed E-state index contributed by atoms with van der Waals surface area (Å²) in [6.07, 6.45) is 0.820. The minimum absolute atomic E-state index is 0.0338. The van der Waals surface area contributed by atoms with E-state index in [1.54, 1.807) is 0 Å². The van der Waals surface area contributed by atoms with Gasteiger partial charge in [-0.1, -0.05) is 0 Å². The van der Waals surface area contributed by atoms with Crippen LogP contribution in [-0.2, 0) is 4.79 Å². The van der Waals surface area contributed by atoms with Crippen molar-refractivity contribution in [2.75, 3.05) is 11.9 Å². The van der Waals surface area contributed by atoms with E-state index in [0.29, 0.717) is 11.0 Å². The van der Waals surface area contributed by atoms with Gasteiger partial charge in [0, 0.05) is 24.3 Å². The molecule has 0 aliphatic heterocycles. The molecule has 1 atom stereocenters. The van der Waals surface area contributed by atoms with Crippen molar-refractivity contribution in [3.63, 3.8) is 0 Å². The highest BCUT2D eigenvalue weighted by atomic mass is 32.1. The zero-order valence-electron chi connectivity index (χ0n) is 10.1. The lowest BCUT2D eigenvalue weighted by Gasteiger charge is -2.07. The van der Waals surface area contributed by atoms with Crippen LogP contribution in [0.15, 0.2) is 5.38 Å². The Kier molecular flexibility index (Phi) is 4.33. The summed E-state index contributed by atoms with van der Waals surface area (Å²) in [5.41, 5.74) is 1.02. The fourth-order valence-electron chi connectivity index (χ4n) is 1.50. The number of urea groups is 1. The first-order chi connectivity index (χ1) is 9.06. The number of aliphatic hydroxyl groups excluding tert-OH is 1. The zero-order chi connectivity index (χ0) is 13.8. The molecule has 4 N–H and O–H groups in total. The number of carbonyl (C=O) groups excluding carboxylic acids is 1. The van der Waals surface area contributed by atoms with Crippen LogP contribution < -0.4 is 10.6 Å². The Labute approximate surface area is 113 Å². The number of hydrogen-bond donors (Lipinski definition) is 4. The van der Waals surface area contributed by atoms with Crippen LogP contribution in [-0.4, -0.2) is 39.8 Å². The average Bonchev–Trinajstić information content (AvgIpc) is 3.10. The SMILES string of the molecule is O=C(NCCC(O)C(=O)O)Nc1nc(C2CC2)cs1. The summed E-state index contributed by atoms with van der Waals surface area (Å²) in [7, 11) is 0. The topological polar surface area (TPSA) is 112 Å². The third-order valence-electron chi connectivity index (χ3n) is 2.73. The van der Waals surface area contributed by atoms with Gasteiger partial charge in [0.25, 0.3) is 0 Å². The molecule has 1 aromatic rings. The van der Waals surface area contributed by atoms with Crippen LogP contribution in [0.2, 0.25) is 0 Å². The van der Waals surface area contributed by atoms with E-state index >= 15 is 0 Å². The van der Waals surface area contributed by atoms with Crippen LogP contribution in [0.25, 0.3) is 0 Å². The maximum absolute atomic E-state index is 11.5. The van der Waals surface area contributed by atoms with Crippen molar-refractivity contribution in [2.24, 2.45) is 0 Å². The molecule has 0 radical (unpaired) electrons. The van der Waals surface area contributed by atoms with E-state index in [-0.39, 0.29) is 13.0 Å². The molecule has 1 heterocycles. The Balaban J connectivity index is 1.69. The predicted molar refractivity (Wildman–Crippen MR) is 69.4 cm³/mol. The third kappa shape index (κ3) is 4.18. The fourth-order valence-corrected chi connectivity index (χ4v) is 2.28. The fraction of sp³-hybridized carbons (Fsp3) is 0.545. The maximum Gasteiger partial charge on any atom is 0.332 e. The summed E-state index contributed by atoms with van der Waals surface area (Å²) >= 11 is 1.36. The van der Waals surface area contributed by atoms with E-state index < -0.39 is 18.1 Å². The second-order valence-corrected chi connectivity index (χ2v) is 5.23. The van der Waals surface area contributed by atoms with Crippen molar-refractivity contribution in [1.29, 1.82) is 0 Å². The lowest BCUT2D eigenvalue weighted by Crippen LogP contribution is -2.33. The largest absolute Gasteiger partial charge is 0.479 e. The molecule has 1 aliphatic rings. The van der Waals surface area contributed by atoms with E-state index in [0.717, 1.165) is 18.5 Å². The van der Waals surface area contributed by atoms with Gasteiger partial charge in [0.1, 0.15) is 0 Å². The molecule has 1 aromatic heterocycles. The minimum atomic E-state index is -1.46. The van der Waals surface area contributed by atoms with Crippen molar-refractivity contribution >= 4 is 28.5 Å². The Morgan fingerprint density at radius 1 is 1.53 bits per heavy atom. The van der Waals surface area contributed by atoms with E-state index in [2.05, 4.69) is 15.6 Å². The van der Waals surface area contributed by atoms with Crippen molar-refractivity contribution in [1.82, 2.24) is 10.3 Å². The van der Waals surface area contributed by atoms with Gasteiger partial charge in [0.05, 0.1) is 5.69 Å². The average molecular weight is 285 g/mol. The molecule has 0 bridgehead atoms. The number of aliphatic hydroxyl groups is 1. The second kappa shape index (κ2) is 5.98. The summed E-state index contributed by atoms with van der Waals surface area (Å²) in [5, 5.41) is 25.0. The van der Waals surface area contributed by atoms with Crippen LogP contribution in [0.3, 0.4) is 0 Å². The number of rotatable bonds is 6. The number of aliphatic carboxylic acids is 1. The molecule has 104 valence electrons. The zero-order valence-corrected chi connectivity index (χ0v) is 10.9. The third-order valence-corrected chi connectivity index (χ3v) is 3.50. The van der Waals surface area contributed by atoms with Crippen molar-refractivity contribution in [2.45, 2.75) is 31.3 Å². The first-order valence-corrected chi connectivity index (χ1v) is 6.85. The summed E-state index contributed by atoms with van der Waals surface area (Å²) in [4.78, 5) is 26.1. The number of nitrogens with zero attached hydrogens (tertiary/aromatic N) is 1. The van der Waals surface area contributed by atoms with E-state index in [4.69, 9.17) is 10.2 Å². The number of amides is 2. The lowest BCUT2D eigenvalue weighted by atomic mass is 10.2. The normalized spacial score (nSPS) is 15.8. The number of thiazole rings is 1.